The second-order valence-corrected chi connectivity index (χ2v) is 6.17. The van der Waals surface area contributed by atoms with E-state index in [0.717, 1.165) is 0 Å². The summed E-state index contributed by atoms with van der Waals surface area (Å²) < 4.78 is 16.4. The van der Waals surface area contributed by atoms with Crippen molar-refractivity contribution < 1.29 is 18.9 Å². The summed E-state index contributed by atoms with van der Waals surface area (Å²) in [7, 11) is 3.09. The van der Waals surface area contributed by atoms with Crippen molar-refractivity contribution >= 4 is 17.9 Å². The summed E-state index contributed by atoms with van der Waals surface area (Å²) in [6, 6.07) is 5.22. The van der Waals surface area contributed by atoms with Crippen molar-refractivity contribution in [2.45, 2.75) is 19.8 Å². The van der Waals surface area contributed by atoms with Crippen molar-refractivity contribution in [2.75, 3.05) is 20.0 Å². The number of hydrazone groups is 1. The number of ether oxygens (including phenoxy) is 2. The minimum absolute atomic E-state index is 0.0355. The maximum Gasteiger partial charge on any atom is 0.293 e. The predicted molar refractivity (Wildman–Crippen MR) is 102 cm³/mol. The lowest BCUT2D eigenvalue weighted by Crippen LogP contribution is -2.21. The first-order chi connectivity index (χ1) is 14.0. The van der Waals surface area contributed by atoms with Crippen molar-refractivity contribution in [2.24, 2.45) is 5.10 Å². The number of hydrogen-bond acceptors (Lipinski definition) is 10. The molecule has 2 heterocycles. The van der Waals surface area contributed by atoms with Gasteiger partial charge >= 0.3 is 0 Å². The van der Waals surface area contributed by atoms with Crippen LogP contribution in [0.25, 0.3) is 5.82 Å². The van der Waals surface area contributed by atoms with E-state index in [2.05, 4.69) is 35.8 Å². The molecule has 2 aromatic heterocycles. The maximum atomic E-state index is 12.6. The number of nitrogens with two attached hydrogens (primary N) is 1. The van der Waals surface area contributed by atoms with Gasteiger partial charge in [0.05, 0.1) is 26.1 Å². The number of benzene rings is 1. The van der Waals surface area contributed by atoms with Gasteiger partial charge in [-0.3, -0.25) is 4.79 Å². The Morgan fingerprint density at radius 3 is 2.72 bits per heavy atom. The standard InChI is InChI=1S/C17H20N8O4/c1-9(2)14-13(20-24-25(14)16-15(18)22-29-23-16)17(26)21-19-8-10-5-6-11(27-3)7-12(10)28-4/h5-9H,1-4H3,(H2,18,22)(H,21,26)/b19-8+. The van der Waals surface area contributed by atoms with Crippen molar-refractivity contribution in [1.29, 1.82) is 0 Å². The third-order valence-corrected chi connectivity index (χ3v) is 3.97. The number of carbonyl (C=O) groups excluding carboxylic acids is 1. The molecular formula is C17H20N8O4. The predicted octanol–water partition coefficient (Wildman–Crippen LogP) is 1.14. The summed E-state index contributed by atoms with van der Waals surface area (Å²) in [6.07, 6.45) is 1.45. The van der Waals surface area contributed by atoms with E-state index in [1.165, 1.54) is 18.0 Å². The summed E-state index contributed by atoms with van der Waals surface area (Å²) in [5.41, 5.74) is 9.38. The van der Waals surface area contributed by atoms with Gasteiger partial charge in [0.2, 0.25) is 11.6 Å². The summed E-state index contributed by atoms with van der Waals surface area (Å²) in [5, 5.41) is 19.1. The molecule has 29 heavy (non-hydrogen) atoms. The molecule has 3 N–H and O–H groups in total. The third-order valence-electron chi connectivity index (χ3n) is 3.97. The number of nitrogens with zero attached hydrogens (tertiary/aromatic N) is 6. The second kappa shape index (κ2) is 8.37. The Kier molecular flexibility index (Phi) is 5.71. The molecule has 0 unspecified atom stereocenters. The highest BCUT2D eigenvalue weighted by Gasteiger charge is 2.25. The molecule has 0 aliphatic heterocycles. The zero-order valence-electron chi connectivity index (χ0n) is 16.3. The SMILES string of the molecule is COc1ccc(/C=N/NC(=O)c2nnn(-c3nonc3N)c2C(C)C)c(OC)c1. The monoisotopic (exact) mass is 400 g/mol. The number of methoxy groups -OCH3 is 2. The van der Waals surface area contributed by atoms with Crippen LogP contribution in [0.1, 0.15) is 41.5 Å². The second-order valence-electron chi connectivity index (χ2n) is 6.17. The summed E-state index contributed by atoms with van der Waals surface area (Å²) in [4.78, 5) is 12.6. The molecule has 3 rings (SSSR count). The average Bonchev–Trinajstić information content (AvgIpc) is 3.33. The van der Waals surface area contributed by atoms with E-state index in [-0.39, 0.29) is 23.2 Å². The van der Waals surface area contributed by atoms with E-state index >= 15 is 0 Å². The van der Waals surface area contributed by atoms with Gasteiger partial charge in [0.25, 0.3) is 5.91 Å². The number of carbonyl (C=O) groups is 1. The van der Waals surface area contributed by atoms with E-state index < -0.39 is 5.91 Å². The fourth-order valence-corrected chi connectivity index (χ4v) is 2.60. The van der Waals surface area contributed by atoms with Crippen LogP contribution in [0.5, 0.6) is 11.5 Å². The fraction of sp³-hybridized carbons (Fsp3) is 0.294. The van der Waals surface area contributed by atoms with Crippen molar-refractivity contribution in [1.82, 2.24) is 30.7 Å². The molecule has 0 spiro atoms. The molecular weight excluding hydrogens is 380 g/mol. The minimum atomic E-state index is -0.543. The Morgan fingerprint density at radius 2 is 2.10 bits per heavy atom. The van der Waals surface area contributed by atoms with Gasteiger partial charge in [0.15, 0.2) is 5.69 Å². The van der Waals surface area contributed by atoms with Gasteiger partial charge in [-0.05, 0) is 28.4 Å². The highest BCUT2D eigenvalue weighted by Crippen LogP contribution is 2.24. The largest absolute Gasteiger partial charge is 0.497 e. The number of aromatic nitrogens is 5. The molecule has 1 amide bonds. The average molecular weight is 400 g/mol. The summed E-state index contributed by atoms with van der Waals surface area (Å²) in [5.74, 6) is 0.722. The molecule has 3 aromatic rings. The number of amides is 1. The minimum Gasteiger partial charge on any atom is -0.497 e. The van der Waals surface area contributed by atoms with Gasteiger partial charge in [0, 0.05) is 11.6 Å². The van der Waals surface area contributed by atoms with E-state index in [9.17, 15) is 4.79 Å². The van der Waals surface area contributed by atoms with Crippen LogP contribution in [-0.2, 0) is 0 Å². The third kappa shape index (κ3) is 4.00. The molecule has 0 aliphatic carbocycles. The lowest BCUT2D eigenvalue weighted by molar-refractivity contribution is 0.0948. The molecule has 12 heteroatoms. The Labute approximate surface area is 165 Å². The van der Waals surface area contributed by atoms with Crippen LogP contribution in [0.15, 0.2) is 27.9 Å². The van der Waals surface area contributed by atoms with Crippen LogP contribution in [0.2, 0.25) is 0 Å². The topological polar surface area (TPSA) is 156 Å². The number of rotatable bonds is 7. The van der Waals surface area contributed by atoms with Gasteiger partial charge in [-0.25, -0.2) is 10.1 Å². The number of nitrogens with one attached hydrogen (secondary N) is 1. The Morgan fingerprint density at radius 1 is 1.31 bits per heavy atom. The van der Waals surface area contributed by atoms with Crippen LogP contribution < -0.4 is 20.6 Å². The summed E-state index contributed by atoms with van der Waals surface area (Å²) in [6.45, 7) is 3.75. The van der Waals surface area contributed by atoms with Crippen LogP contribution >= 0.6 is 0 Å². The van der Waals surface area contributed by atoms with Gasteiger partial charge < -0.3 is 15.2 Å². The molecule has 0 aliphatic rings. The van der Waals surface area contributed by atoms with Crippen LogP contribution in [0.3, 0.4) is 0 Å². The number of hydrogen-bond donors (Lipinski definition) is 2. The first kappa shape index (κ1) is 19.8. The number of anilines is 1. The highest BCUT2D eigenvalue weighted by molar-refractivity contribution is 5.94. The summed E-state index contributed by atoms with van der Waals surface area (Å²) >= 11 is 0. The Hall–Kier alpha value is -3.96. The van der Waals surface area contributed by atoms with E-state index in [4.69, 9.17) is 15.2 Å². The maximum absolute atomic E-state index is 12.6. The molecule has 12 nitrogen and oxygen atoms in total. The molecule has 0 saturated carbocycles. The molecule has 152 valence electrons. The fourth-order valence-electron chi connectivity index (χ4n) is 2.60. The highest BCUT2D eigenvalue weighted by atomic mass is 16.6. The zero-order valence-corrected chi connectivity index (χ0v) is 16.3. The quantitative estimate of drug-likeness (QED) is 0.438. The van der Waals surface area contributed by atoms with Gasteiger partial charge in [-0.2, -0.15) is 9.78 Å². The molecule has 0 saturated heterocycles. The molecule has 0 fully saturated rings. The van der Waals surface area contributed by atoms with E-state index in [0.29, 0.717) is 22.8 Å². The van der Waals surface area contributed by atoms with Crippen LogP contribution in [0, 0.1) is 0 Å². The zero-order chi connectivity index (χ0) is 21.0. The van der Waals surface area contributed by atoms with Gasteiger partial charge in [-0.15, -0.1) is 5.10 Å². The lowest BCUT2D eigenvalue weighted by Gasteiger charge is -2.08. The first-order valence-corrected chi connectivity index (χ1v) is 8.55. The normalized spacial score (nSPS) is 11.2. The van der Waals surface area contributed by atoms with Crippen molar-refractivity contribution in [3.8, 4) is 17.3 Å². The van der Waals surface area contributed by atoms with Crippen LogP contribution in [0.4, 0.5) is 5.82 Å². The molecule has 0 radical (unpaired) electrons. The Balaban J connectivity index is 1.82. The molecule has 0 atom stereocenters. The van der Waals surface area contributed by atoms with E-state index in [1.54, 1.807) is 25.3 Å². The number of nitrogen functional groups attached to an aromatic ring is 1. The molecule has 1 aromatic carbocycles. The van der Waals surface area contributed by atoms with Crippen LogP contribution in [-0.4, -0.2) is 51.6 Å². The molecule has 0 bridgehead atoms. The smallest absolute Gasteiger partial charge is 0.293 e. The Bertz CT molecular complexity index is 1040. The van der Waals surface area contributed by atoms with Crippen molar-refractivity contribution in [3.63, 3.8) is 0 Å². The van der Waals surface area contributed by atoms with E-state index in [1.807, 2.05) is 13.8 Å². The van der Waals surface area contributed by atoms with Gasteiger partial charge in [-0.1, -0.05) is 19.1 Å². The van der Waals surface area contributed by atoms with Gasteiger partial charge in [0.1, 0.15) is 11.5 Å². The van der Waals surface area contributed by atoms with Crippen molar-refractivity contribution in [3.05, 3.63) is 35.2 Å². The first-order valence-electron chi connectivity index (χ1n) is 8.55. The lowest BCUT2D eigenvalue weighted by atomic mass is 10.1.